The Morgan fingerprint density at radius 2 is 1.71 bits per heavy atom. The molecule has 0 spiro atoms. The Balaban J connectivity index is 2.16. The number of carbonyl (C=O) groups is 2. The van der Waals surface area contributed by atoms with Gasteiger partial charge in [0.1, 0.15) is 0 Å². The Kier molecular flexibility index (Phi) is 5.79. The first kappa shape index (κ1) is 13.2. The van der Waals surface area contributed by atoms with Crippen molar-refractivity contribution in [2.75, 3.05) is 7.05 Å². The van der Waals surface area contributed by atoms with Crippen molar-refractivity contribution in [1.82, 2.24) is 10.6 Å². The largest absolute Gasteiger partial charge is 0.359 e. The predicted octanol–water partition coefficient (Wildman–Crippen LogP) is 1.22. The van der Waals surface area contributed by atoms with Crippen LogP contribution in [0.4, 0.5) is 0 Å². The quantitative estimate of drug-likeness (QED) is 0.777. The molecule has 0 saturated carbocycles. The Morgan fingerprint density at radius 1 is 1.06 bits per heavy atom. The molecule has 0 bridgehead atoms. The molecule has 0 heterocycles. The molecular weight excluding hydrogens is 216 g/mol. The van der Waals surface area contributed by atoms with Crippen LogP contribution in [0.25, 0.3) is 0 Å². The van der Waals surface area contributed by atoms with Crippen LogP contribution in [-0.4, -0.2) is 18.9 Å². The van der Waals surface area contributed by atoms with E-state index in [1.807, 2.05) is 30.3 Å². The van der Waals surface area contributed by atoms with E-state index in [0.29, 0.717) is 25.8 Å². The summed E-state index contributed by atoms with van der Waals surface area (Å²) in [5.74, 6) is -0.0429. The summed E-state index contributed by atoms with van der Waals surface area (Å²) in [6.07, 6.45) is 1.37. The molecule has 0 aliphatic carbocycles. The van der Waals surface area contributed by atoms with Gasteiger partial charge in [-0.2, -0.15) is 0 Å². The van der Waals surface area contributed by atoms with Crippen LogP contribution < -0.4 is 10.6 Å². The molecule has 17 heavy (non-hydrogen) atoms. The van der Waals surface area contributed by atoms with Crippen LogP contribution in [0.2, 0.25) is 0 Å². The average molecular weight is 234 g/mol. The number of nitrogens with one attached hydrogen (secondary N) is 2. The summed E-state index contributed by atoms with van der Waals surface area (Å²) in [5, 5.41) is 5.35. The normalized spacial score (nSPS) is 9.71. The third-order valence-electron chi connectivity index (χ3n) is 2.42. The van der Waals surface area contributed by atoms with Crippen molar-refractivity contribution >= 4 is 11.8 Å². The highest BCUT2D eigenvalue weighted by Gasteiger charge is 2.03. The third kappa shape index (κ3) is 5.70. The van der Waals surface area contributed by atoms with Crippen molar-refractivity contribution in [3.8, 4) is 0 Å². The Bertz CT molecular complexity index is 363. The first-order valence-electron chi connectivity index (χ1n) is 5.73. The van der Waals surface area contributed by atoms with Crippen molar-refractivity contribution in [3.05, 3.63) is 35.9 Å². The standard InChI is InChI=1S/C13H18N2O2/c1-14-12(16)8-5-9-13(17)15-10-11-6-3-2-4-7-11/h2-4,6-7H,5,8-10H2,1H3,(H,14,16)(H,15,17). The van der Waals surface area contributed by atoms with Gasteiger partial charge < -0.3 is 10.6 Å². The molecule has 92 valence electrons. The fraction of sp³-hybridized carbons (Fsp3) is 0.385. The molecule has 1 aromatic rings. The number of rotatable bonds is 6. The van der Waals surface area contributed by atoms with Crippen LogP contribution >= 0.6 is 0 Å². The second-order valence-electron chi connectivity index (χ2n) is 3.79. The number of hydrogen-bond acceptors (Lipinski definition) is 2. The molecule has 0 radical (unpaired) electrons. The topological polar surface area (TPSA) is 58.2 Å². The van der Waals surface area contributed by atoms with E-state index < -0.39 is 0 Å². The summed E-state index contributed by atoms with van der Waals surface area (Å²) in [4.78, 5) is 22.4. The number of benzene rings is 1. The van der Waals surface area contributed by atoms with E-state index in [1.165, 1.54) is 0 Å². The third-order valence-corrected chi connectivity index (χ3v) is 2.42. The summed E-state index contributed by atoms with van der Waals surface area (Å²) in [5.41, 5.74) is 1.08. The first-order chi connectivity index (χ1) is 8.22. The van der Waals surface area contributed by atoms with Crippen molar-refractivity contribution in [1.29, 1.82) is 0 Å². The monoisotopic (exact) mass is 234 g/mol. The molecule has 0 unspecified atom stereocenters. The fourth-order valence-electron chi connectivity index (χ4n) is 1.42. The molecule has 1 aromatic carbocycles. The van der Waals surface area contributed by atoms with Gasteiger partial charge in [-0.15, -0.1) is 0 Å². The van der Waals surface area contributed by atoms with E-state index in [9.17, 15) is 9.59 Å². The molecule has 2 amide bonds. The minimum atomic E-state index is -0.0270. The molecule has 4 nitrogen and oxygen atoms in total. The molecular formula is C13H18N2O2. The summed E-state index contributed by atoms with van der Waals surface area (Å²) >= 11 is 0. The Morgan fingerprint density at radius 3 is 2.35 bits per heavy atom. The molecule has 0 aromatic heterocycles. The SMILES string of the molecule is CNC(=O)CCCC(=O)NCc1ccccc1. The van der Waals surface area contributed by atoms with Crippen molar-refractivity contribution in [2.45, 2.75) is 25.8 Å². The van der Waals surface area contributed by atoms with E-state index in [2.05, 4.69) is 10.6 Å². The lowest BCUT2D eigenvalue weighted by atomic mass is 10.2. The molecule has 0 fully saturated rings. The van der Waals surface area contributed by atoms with Gasteiger partial charge in [-0.1, -0.05) is 30.3 Å². The number of amides is 2. The summed E-state index contributed by atoms with van der Waals surface area (Å²) in [6.45, 7) is 0.541. The van der Waals surface area contributed by atoms with Gasteiger partial charge in [0.15, 0.2) is 0 Å². The van der Waals surface area contributed by atoms with Crippen LogP contribution in [0.3, 0.4) is 0 Å². The molecule has 0 atom stereocenters. The van der Waals surface area contributed by atoms with Crippen LogP contribution in [0.5, 0.6) is 0 Å². The molecule has 1 rings (SSSR count). The molecule has 4 heteroatoms. The maximum absolute atomic E-state index is 11.4. The Hall–Kier alpha value is -1.84. The minimum Gasteiger partial charge on any atom is -0.359 e. The van der Waals surface area contributed by atoms with Crippen LogP contribution in [0.15, 0.2) is 30.3 Å². The summed E-state index contributed by atoms with van der Waals surface area (Å²) < 4.78 is 0. The minimum absolute atomic E-state index is 0.0160. The van der Waals surface area contributed by atoms with E-state index in [4.69, 9.17) is 0 Å². The van der Waals surface area contributed by atoms with Crippen LogP contribution in [-0.2, 0) is 16.1 Å². The van der Waals surface area contributed by atoms with Crippen LogP contribution in [0, 0.1) is 0 Å². The molecule has 2 N–H and O–H groups in total. The molecule has 0 saturated heterocycles. The first-order valence-corrected chi connectivity index (χ1v) is 5.73. The molecule has 0 aliphatic rings. The molecule has 0 aliphatic heterocycles. The summed E-state index contributed by atoms with van der Waals surface area (Å²) in [7, 11) is 1.60. The zero-order chi connectivity index (χ0) is 12.5. The van der Waals surface area contributed by atoms with E-state index >= 15 is 0 Å². The predicted molar refractivity (Wildman–Crippen MR) is 66.2 cm³/mol. The van der Waals surface area contributed by atoms with Gasteiger partial charge in [-0.25, -0.2) is 0 Å². The number of hydrogen-bond donors (Lipinski definition) is 2. The number of carbonyl (C=O) groups excluding carboxylic acids is 2. The highest BCUT2D eigenvalue weighted by Crippen LogP contribution is 1.99. The maximum Gasteiger partial charge on any atom is 0.220 e. The zero-order valence-electron chi connectivity index (χ0n) is 10.0. The van der Waals surface area contributed by atoms with Gasteiger partial charge in [0.25, 0.3) is 0 Å². The van der Waals surface area contributed by atoms with Gasteiger partial charge in [-0.3, -0.25) is 9.59 Å². The van der Waals surface area contributed by atoms with Crippen LogP contribution in [0.1, 0.15) is 24.8 Å². The smallest absolute Gasteiger partial charge is 0.220 e. The van der Waals surface area contributed by atoms with E-state index in [1.54, 1.807) is 7.05 Å². The van der Waals surface area contributed by atoms with Gasteiger partial charge in [0, 0.05) is 26.4 Å². The lowest BCUT2D eigenvalue weighted by Crippen LogP contribution is -2.23. The highest BCUT2D eigenvalue weighted by atomic mass is 16.2. The Labute approximate surface area is 101 Å². The van der Waals surface area contributed by atoms with Crippen molar-refractivity contribution in [2.24, 2.45) is 0 Å². The van der Waals surface area contributed by atoms with Gasteiger partial charge >= 0.3 is 0 Å². The van der Waals surface area contributed by atoms with Crippen molar-refractivity contribution in [3.63, 3.8) is 0 Å². The second-order valence-corrected chi connectivity index (χ2v) is 3.79. The maximum atomic E-state index is 11.4. The van der Waals surface area contributed by atoms with Gasteiger partial charge in [0.2, 0.25) is 11.8 Å². The average Bonchev–Trinajstić information content (AvgIpc) is 2.37. The van der Waals surface area contributed by atoms with E-state index in [-0.39, 0.29) is 11.8 Å². The van der Waals surface area contributed by atoms with Crippen molar-refractivity contribution < 1.29 is 9.59 Å². The van der Waals surface area contributed by atoms with Gasteiger partial charge in [0.05, 0.1) is 0 Å². The lowest BCUT2D eigenvalue weighted by molar-refractivity contribution is -0.122. The second kappa shape index (κ2) is 7.44. The zero-order valence-corrected chi connectivity index (χ0v) is 10.0. The fourth-order valence-corrected chi connectivity index (χ4v) is 1.42. The summed E-state index contributed by atoms with van der Waals surface area (Å²) in [6, 6.07) is 9.74. The van der Waals surface area contributed by atoms with E-state index in [0.717, 1.165) is 5.56 Å². The van der Waals surface area contributed by atoms with Gasteiger partial charge in [-0.05, 0) is 12.0 Å². The highest BCUT2D eigenvalue weighted by molar-refractivity contribution is 5.78. The lowest BCUT2D eigenvalue weighted by Gasteiger charge is -2.05.